The molecule has 1 aromatic rings. The van der Waals surface area contributed by atoms with E-state index in [4.69, 9.17) is 5.11 Å². The summed E-state index contributed by atoms with van der Waals surface area (Å²) in [4.78, 5) is 28.6. The quantitative estimate of drug-likeness (QED) is 0.834. The highest BCUT2D eigenvalue weighted by molar-refractivity contribution is 9.11. The lowest BCUT2D eigenvalue weighted by Gasteiger charge is -2.26. The van der Waals surface area contributed by atoms with Crippen LogP contribution in [0, 0.1) is 0 Å². The minimum absolute atomic E-state index is 0.166. The Labute approximate surface area is 128 Å². The predicted molar refractivity (Wildman–Crippen MR) is 78.1 cm³/mol. The first-order chi connectivity index (χ1) is 8.86. The molecular weight excluding hydrogens is 380 g/mol. The van der Waals surface area contributed by atoms with Crippen LogP contribution in [-0.4, -0.2) is 39.5 Å². The van der Waals surface area contributed by atoms with Crippen molar-refractivity contribution in [3.8, 4) is 0 Å². The van der Waals surface area contributed by atoms with Crippen molar-refractivity contribution >= 4 is 43.7 Å². The van der Waals surface area contributed by atoms with Crippen molar-refractivity contribution in [2.75, 3.05) is 6.54 Å². The van der Waals surface area contributed by atoms with Crippen molar-refractivity contribution in [1.82, 2.24) is 9.88 Å². The van der Waals surface area contributed by atoms with Gasteiger partial charge in [-0.05, 0) is 51.3 Å². The van der Waals surface area contributed by atoms with Gasteiger partial charge in [0.25, 0.3) is 5.91 Å². The van der Waals surface area contributed by atoms with E-state index in [0.717, 1.165) is 4.47 Å². The molecule has 1 amide bonds. The number of nitrogens with zero attached hydrogens (tertiary/aromatic N) is 2. The smallest absolute Gasteiger partial charge is 0.323 e. The average Bonchev–Trinajstić information content (AvgIpc) is 2.34. The maximum Gasteiger partial charge on any atom is 0.323 e. The molecule has 5 nitrogen and oxygen atoms in total. The van der Waals surface area contributed by atoms with Crippen molar-refractivity contribution in [3.05, 3.63) is 26.9 Å². The second-order valence-electron chi connectivity index (χ2n) is 4.07. The van der Waals surface area contributed by atoms with Gasteiger partial charge in [0, 0.05) is 16.7 Å². The molecule has 0 saturated heterocycles. The molecule has 0 spiro atoms. The van der Waals surface area contributed by atoms with Gasteiger partial charge < -0.3 is 10.0 Å². The third-order valence-electron chi connectivity index (χ3n) is 2.70. The molecule has 0 radical (unpaired) electrons. The van der Waals surface area contributed by atoms with Gasteiger partial charge in [-0.25, -0.2) is 4.98 Å². The van der Waals surface area contributed by atoms with E-state index in [1.165, 1.54) is 11.1 Å². The van der Waals surface area contributed by atoms with Crippen molar-refractivity contribution < 1.29 is 14.7 Å². The van der Waals surface area contributed by atoms with E-state index in [1.807, 2.05) is 13.8 Å². The summed E-state index contributed by atoms with van der Waals surface area (Å²) in [5, 5.41) is 8.90. The standard InChI is InChI=1S/C12H14Br2N2O3/c1-3-7(2)16(6-10(17)18)12(19)11-9(14)4-8(13)5-15-11/h4-5,7H,3,6H2,1-2H3,(H,17,18). The van der Waals surface area contributed by atoms with Crippen molar-refractivity contribution in [2.45, 2.75) is 26.3 Å². The lowest BCUT2D eigenvalue weighted by Crippen LogP contribution is -2.42. The zero-order chi connectivity index (χ0) is 14.6. The molecule has 0 aliphatic carbocycles. The van der Waals surface area contributed by atoms with Gasteiger partial charge in [-0.3, -0.25) is 9.59 Å². The number of carboxylic acid groups (broad SMARTS) is 1. The molecule has 0 bridgehead atoms. The monoisotopic (exact) mass is 392 g/mol. The van der Waals surface area contributed by atoms with E-state index < -0.39 is 11.9 Å². The van der Waals surface area contributed by atoms with Gasteiger partial charge in [0.15, 0.2) is 0 Å². The molecule has 0 aliphatic heterocycles. The van der Waals surface area contributed by atoms with E-state index in [-0.39, 0.29) is 18.3 Å². The Morgan fingerprint density at radius 1 is 1.47 bits per heavy atom. The highest BCUT2D eigenvalue weighted by Crippen LogP contribution is 2.21. The van der Waals surface area contributed by atoms with Crippen LogP contribution in [0.3, 0.4) is 0 Å². The highest BCUT2D eigenvalue weighted by atomic mass is 79.9. The number of carbonyl (C=O) groups excluding carboxylic acids is 1. The summed E-state index contributed by atoms with van der Waals surface area (Å²) in [6.45, 7) is 3.38. The van der Waals surface area contributed by atoms with Crippen LogP contribution in [0.2, 0.25) is 0 Å². The number of hydrogen-bond acceptors (Lipinski definition) is 3. The van der Waals surface area contributed by atoms with Crippen LogP contribution in [-0.2, 0) is 4.79 Å². The molecule has 1 atom stereocenters. The molecule has 1 heterocycles. The molecule has 0 fully saturated rings. The van der Waals surface area contributed by atoms with Crippen molar-refractivity contribution in [3.63, 3.8) is 0 Å². The number of rotatable bonds is 5. The fourth-order valence-corrected chi connectivity index (χ4v) is 2.66. The van der Waals surface area contributed by atoms with E-state index in [2.05, 4.69) is 36.8 Å². The number of aliphatic carboxylic acids is 1. The van der Waals surface area contributed by atoms with Crippen LogP contribution in [0.4, 0.5) is 0 Å². The van der Waals surface area contributed by atoms with Gasteiger partial charge >= 0.3 is 5.97 Å². The molecule has 7 heteroatoms. The Kier molecular flexibility index (Phi) is 5.93. The Morgan fingerprint density at radius 2 is 2.11 bits per heavy atom. The van der Waals surface area contributed by atoms with Crippen molar-refractivity contribution in [2.24, 2.45) is 0 Å². The summed E-state index contributed by atoms with van der Waals surface area (Å²) in [6.07, 6.45) is 2.18. The zero-order valence-electron chi connectivity index (χ0n) is 10.6. The average molecular weight is 394 g/mol. The maximum absolute atomic E-state index is 12.4. The fourth-order valence-electron chi connectivity index (χ4n) is 1.50. The molecule has 0 saturated carbocycles. The number of carboxylic acids is 1. The number of pyridine rings is 1. The number of halogens is 2. The van der Waals surface area contributed by atoms with Gasteiger partial charge in [-0.15, -0.1) is 0 Å². The normalized spacial score (nSPS) is 12.0. The largest absolute Gasteiger partial charge is 0.480 e. The van der Waals surface area contributed by atoms with Crippen LogP contribution in [0.15, 0.2) is 21.2 Å². The molecule has 0 aromatic carbocycles. The van der Waals surface area contributed by atoms with Crippen molar-refractivity contribution in [1.29, 1.82) is 0 Å². The van der Waals surface area contributed by atoms with Crippen LogP contribution in [0.1, 0.15) is 30.8 Å². The highest BCUT2D eigenvalue weighted by Gasteiger charge is 2.25. The molecule has 1 rings (SSSR count). The summed E-state index contributed by atoms with van der Waals surface area (Å²) in [6, 6.07) is 1.54. The minimum Gasteiger partial charge on any atom is -0.480 e. The second kappa shape index (κ2) is 7.00. The second-order valence-corrected chi connectivity index (χ2v) is 5.84. The maximum atomic E-state index is 12.4. The SMILES string of the molecule is CCC(C)N(CC(=O)O)C(=O)c1ncc(Br)cc1Br. The first-order valence-corrected chi connectivity index (χ1v) is 7.29. The van der Waals surface area contributed by atoms with Gasteiger partial charge in [0.05, 0.1) is 4.47 Å². The van der Waals surface area contributed by atoms with Crippen LogP contribution >= 0.6 is 31.9 Å². The molecular formula is C12H14Br2N2O3. The number of hydrogen-bond donors (Lipinski definition) is 1. The van der Waals surface area contributed by atoms with Gasteiger partial charge in [-0.1, -0.05) is 6.92 Å². The van der Waals surface area contributed by atoms with E-state index in [9.17, 15) is 9.59 Å². The third-order valence-corrected chi connectivity index (χ3v) is 3.74. The first kappa shape index (κ1) is 16.1. The van der Waals surface area contributed by atoms with Crippen LogP contribution in [0.25, 0.3) is 0 Å². The summed E-state index contributed by atoms with van der Waals surface area (Å²) < 4.78 is 1.27. The molecule has 1 N–H and O–H groups in total. The van der Waals surface area contributed by atoms with Gasteiger partial charge in [0.2, 0.25) is 0 Å². The lowest BCUT2D eigenvalue weighted by molar-refractivity contribution is -0.138. The summed E-state index contributed by atoms with van der Waals surface area (Å²) in [5.74, 6) is -1.43. The number of carbonyl (C=O) groups is 2. The van der Waals surface area contributed by atoms with Crippen LogP contribution in [0.5, 0.6) is 0 Å². The third kappa shape index (κ3) is 4.28. The van der Waals surface area contributed by atoms with Gasteiger partial charge in [-0.2, -0.15) is 0 Å². The molecule has 1 aromatic heterocycles. The Balaban J connectivity index is 3.08. The molecule has 104 valence electrons. The summed E-state index contributed by atoms with van der Waals surface area (Å²) in [5.41, 5.74) is 0.213. The molecule has 1 unspecified atom stereocenters. The first-order valence-electron chi connectivity index (χ1n) is 5.70. The topological polar surface area (TPSA) is 70.5 Å². The minimum atomic E-state index is -1.04. The fraction of sp³-hybridized carbons (Fsp3) is 0.417. The zero-order valence-corrected chi connectivity index (χ0v) is 13.7. The number of amides is 1. The Bertz CT molecular complexity index is 494. The summed E-state index contributed by atoms with van der Waals surface area (Å²) in [7, 11) is 0. The molecule has 0 aliphatic rings. The van der Waals surface area contributed by atoms with E-state index in [1.54, 1.807) is 6.07 Å². The van der Waals surface area contributed by atoms with E-state index >= 15 is 0 Å². The summed E-state index contributed by atoms with van der Waals surface area (Å²) >= 11 is 6.52. The number of aromatic nitrogens is 1. The van der Waals surface area contributed by atoms with E-state index in [0.29, 0.717) is 10.9 Å². The Morgan fingerprint density at radius 3 is 2.58 bits per heavy atom. The lowest BCUT2D eigenvalue weighted by atomic mass is 10.2. The van der Waals surface area contributed by atoms with Crippen LogP contribution < -0.4 is 0 Å². The molecule has 19 heavy (non-hydrogen) atoms. The van der Waals surface area contributed by atoms with Gasteiger partial charge in [0.1, 0.15) is 12.2 Å². The Hall–Kier alpha value is -0.950. The predicted octanol–water partition coefficient (Wildman–Crippen LogP) is 2.93.